The molecule has 20 heavy (non-hydrogen) atoms. The third-order valence-corrected chi connectivity index (χ3v) is 3.54. The molecule has 1 heterocycles. The highest BCUT2D eigenvalue weighted by Crippen LogP contribution is 2.30. The molecule has 112 valence electrons. The highest BCUT2D eigenvalue weighted by Gasteiger charge is 2.20. The van der Waals surface area contributed by atoms with Crippen LogP contribution in [-0.4, -0.2) is 43.7 Å². The monoisotopic (exact) mass is 280 g/mol. The Bertz CT molecular complexity index is 428. The van der Waals surface area contributed by atoms with Crippen molar-refractivity contribution in [1.82, 2.24) is 4.90 Å². The predicted octanol–water partition coefficient (Wildman–Crippen LogP) is 3.14. The Morgan fingerprint density at radius 1 is 1.20 bits per heavy atom. The molecule has 3 nitrogen and oxygen atoms in total. The number of rotatable bonds is 5. The Hall–Kier alpha value is -1.29. The molecule has 0 atom stereocenters. The van der Waals surface area contributed by atoms with E-state index in [1.807, 2.05) is 13.8 Å². The second-order valence-corrected chi connectivity index (χ2v) is 5.61. The number of hydrogen-bond acceptors (Lipinski definition) is 3. The predicted molar refractivity (Wildman–Crippen MR) is 81.1 cm³/mol. The molecule has 0 aromatic heterocycles. The van der Waals surface area contributed by atoms with Crippen molar-refractivity contribution >= 4 is 5.69 Å². The molecule has 0 spiro atoms. The molecule has 0 bridgehead atoms. The van der Waals surface area contributed by atoms with Crippen molar-refractivity contribution in [2.75, 3.05) is 37.6 Å². The molecule has 1 aromatic rings. The molecule has 0 aliphatic carbocycles. The largest absolute Gasteiger partial charge is 0.489 e. The van der Waals surface area contributed by atoms with Gasteiger partial charge in [-0.15, -0.1) is 0 Å². The van der Waals surface area contributed by atoms with Crippen molar-refractivity contribution in [3.05, 3.63) is 24.0 Å². The van der Waals surface area contributed by atoms with Crippen LogP contribution in [0.25, 0.3) is 0 Å². The summed E-state index contributed by atoms with van der Waals surface area (Å²) in [7, 11) is 0. The zero-order chi connectivity index (χ0) is 14.5. The summed E-state index contributed by atoms with van der Waals surface area (Å²) < 4.78 is 19.4. The van der Waals surface area contributed by atoms with E-state index >= 15 is 0 Å². The second kappa shape index (κ2) is 6.93. The van der Waals surface area contributed by atoms with Crippen LogP contribution in [0, 0.1) is 5.82 Å². The molecule has 0 amide bonds. The van der Waals surface area contributed by atoms with Gasteiger partial charge in [0, 0.05) is 32.2 Å². The first-order chi connectivity index (χ1) is 9.60. The Labute approximate surface area is 121 Å². The SMILES string of the molecule is CCCN1CCN(c2cc(F)ccc2OC(C)C)CC1. The summed E-state index contributed by atoms with van der Waals surface area (Å²) in [5.74, 6) is 0.581. The minimum atomic E-state index is -0.202. The summed E-state index contributed by atoms with van der Waals surface area (Å²) in [5.41, 5.74) is 0.884. The maximum absolute atomic E-state index is 13.5. The van der Waals surface area contributed by atoms with E-state index in [0.29, 0.717) is 0 Å². The van der Waals surface area contributed by atoms with Gasteiger partial charge < -0.3 is 9.64 Å². The first-order valence-corrected chi connectivity index (χ1v) is 7.53. The molecular formula is C16H25FN2O. The maximum Gasteiger partial charge on any atom is 0.143 e. The van der Waals surface area contributed by atoms with Crippen molar-refractivity contribution in [2.45, 2.75) is 33.3 Å². The first-order valence-electron chi connectivity index (χ1n) is 7.53. The van der Waals surface area contributed by atoms with Crippen LogP contribution in [0.3, 0.4) is 0 Å². The summed E-state index contributed by atoms with van der Waals surface area (Å²) in [6, 6.07) is 4.80. The van der Waals surface area contributed by atoms with Gasteiger partial charge in [0.25, 0.3) is 0 Å². The lowest BCUT2D eigenvalue weighted by Crippen LogP contribution is -2.46. The third kappa shape index (κ3) is 3.85. The van der Waals surface area contributed by atoms with Crippen LogP contribution < -0.4 is 9.64 Å². The van der Waals surface area contributed by atoms with E-state index < -0.39 is 0 Å². The molecule has 0 unspecified atom stereocenters. The van der Waals surface area contributed by atoms with Gasteiger partial charge in [-0.3, -0.25) is 4.90 Å². The standard InChI is InChI=1S/C16H25FN2O/c1-4-7-18-8-10-19(11-9-18)15-12-14(17)5-6-16(15)20-13(2)3/h5-6,12-13H,4,7-11H2,1-3H3. The molecule has 0 radical (unpaired) electrons. The van der Waals surface area contributed by atoms with Crippen molar-refractivity contribution in [3.63, 3.8) is 0 Å². The number of anilines is 1. The number of ether oxygens (including phenoxy) is 1. The molecule has 1 fully saturated rings. The van der Waals surface area contributed by atoms with E-state index in [-0.39, 0.29) is 11.9 Å². The molecule has 0 saturated carbocycles. The van der Waals surface area contributed by atoms with E-state index in [0.717, 1.165) is 44.2 Å². The van der Waals surface area contributed by atoms with Gasteiger partial charge in [-0.25, -0.2) is 4.39 Å². The van der Waals surface area contributed by atoms with E-state index in [1.165, 1.54) is 12.5 Å². The van der Waals surface area contributed by atoms with Gasteiger partial charge in [-0.2, -0.15) is 0 Å². The Morgan fingerprint density at radius 2 is 1.90 bits per heavy atom. The van der Waals surface area contributed by atoms with Crippen LogP contribution in [0.15, 0.2) is 18.2 Å². The molecule has 1 aromatic carbocycles. The Kier molecular flexibility index (Phi) is 5.24. The minimum Gasteiger partial charge on any atom is -0.489 e. The number of nitrogens with zero attached hydrogens (tertiary/aromatic N) is 2. The van der Waals surface area contributed by atoms with E-state index in [4.69, 9.17) is 4.74 Å². The summed E-state index contributed by atoms with van der Waals surface area (Å²) in [6.45, 7) is 11.3. The quantitative estimate of drug-likeness (QED) is 0.824. The average Bonchev–Trinajstić information content (AvgIpc) is 2.42. The lowest BCUT2D eigenvalue weighted by atomic mass is 10.2. The third-order valence-electron chi connectivity index (χ3n) is 3.54. The van der Waals surface area contributed by atoms with Crippen molar-refractivity contribution < 1.29 is 9.13 Å². The summed E-state index contributed by atoms with van der Waals surface area (Å²) in [4.78, 5) is 4.69. The fourth-order valence-electron chi connectivity index (χ4n) is 2.62. The van der Waals surface area contributed by atoms with Gasteiger partial charge in [0.05, 0.1) is 11.8 Å². The van der Waals surface area contributed by atoms with Crippen LogP contribution in [0.1, 0.15) is 27.2 Å². The lowest BCUT2D eigenvalue weighted by Gasteiger charge is -2.36. The highest BCUT2D eigenvalue weighted by atomic mass is 19.1. The molecule has 0 N–H and O–H groups in total. The van der Waals surface area contributed by atoms with Crippen molar-refractivity contribution in [2.24, 2.45) is 0 Å². The highest BCUT2D eigenvalue weighted by molar-refractivity contribution is 5.59. The minimum absolute atomic E-state index is 0.0978. The van der Waals surface area contributed by atoms with Gasteiger partial charge in [0.2, 0.25) is 0 Å². The smallest absolute Gasteiger partial charge is 0.143 e. The maximum atomic E-state index is 13.5. The molecule has 1 aliphatic heterocycles. The number of benzene rings is 1. The molecule has 1 aliphatic rings. The van der Waals surface area contributed by atoms with Gasteiger partial charge >= 0.3 is 0 Å². The average molecular weight is 280 g/mol. The van der Waals surface area contributed by atoms with Crippen LogP contribution >= 0.6 is 0 Å². The second-order valence-electron chi connectivity index (χ2n) is 5.61. The van der Waals surface area contributed by atoms with Gasteiger partial charge in [0.1, 0.15) is 11.6 Å². The molecular weight excluding hydrogens is 255 g/mol. The number of piperazine rings is 1. The first kappa shape index (κ1) is 15.1. The summed E-state index contributed by atoms with van der Waals surface area (Å²) in [5, 5.41) is 0. The van der Waals surface area contributed by atoms with Gasteiger partial charge in [0.15, 0.2) is 0 Å². The van der Waals surface area contributed by atoms with Gasteiger partial charge in [-0.05, 0) is 38.9 Å². The Morgan fingerprint density at radius 3 is 2.50 bits per heavy atom. The van der Waals surface area contributed by atoms with Crippen molar-refractivity contribution in [3.8, 4) is 5.75 Å². The fraction of sp³-hybridized carbons (Fsp3) is 0.625. The normalized spacial score (nSPS) is 16.8. The molecule has 2 rings (SSSR count). The van der Waals surface area contributed by atoms with Crippen LogP contribution in [0.2, 0.25) is 0 Å². The zero-order valence-electron chi connectivity index (χ0n) is 12.7. The number of halogens is 1. The zero-order valence-corrected chi connectivity index (χ0v) is 12.7. The van der Waals surface area contributed by atoms with Gasteiger partial charge in [-0.1, -0.05) is 6.92 Å². The lowest BCUT2D eigenvalue weighted by molar-refractivity contribution is 0.237. The van der Waals surface area contributed by atoms with E-state index in [1.54, 1.807) is 12.1 Å². The van der Waals surface area contributed by atoms with Crippen molar-refractivity contribution in [1.29, 1.82) is 0 Å². The van der Waals surface area contributed by atoms with Crippen LogP contribution in [-0.2, 0) is 0 Å². The summed E-state index contributed by atoms with van der Waals surface area (Å²) >= 11 is 0. The van der Waals surface area contributed by atoms with E-state index in [9.17, 15) is 4.39 Å². The fourth-order valence-corrected chi connectivity index (χ4v) is 2.62. The molecule has 1 saturated heterocycles. The van der Waals surface area contributed by atoms with Crippen LogP contribution in [0.5, 0.6) is 5.75 Å². The summed E-state index contributed by atoms with van der Waals surface area (Å²) in [6.07, 6.45) is 1.28. The number of hydrogen-bond donors (Lipinski definition) is 0. The Balaban J connectivity index is 2.10. The topological polar surface area (TPSA) is 15.7 Å². The van der Waals surface area contributed by atoms with E-state index in [2.05, 4.69) is 16.7 Å². The van der Waals surface area contributed by atoms with Crippen LogP contribution in [0.4, 0.5) is 10.1 Å². The molecule has 4 heteroatoms.